The molecule has 79 heavy (non-hydrogen) atoms. The summed E-state index contributed by atoms with van der Waals surface area (Å²) < 4.78 is 22.7. The third-order valence-corrected chi connectivity index (χ3v) is 11.7. The van der Waals surface area contributed by atoms with Gasteiger partial charge >= 0.3 is 17.9 Å². The van der Waals surface area contributed by atoms with Gasteiger partial charge in [0, 0.05) is 12.8 Å². The zero-order valence-electron chi connectivity index (χ0n) is 49.9. The number of rotatable bonds is 52. The summed E-state index contributed by atoms with van der Waals surface area (Å²) in [6, 6.07) is 0. The van der Waals surface area contributed by atoms with Gasteiger partial charge in [0.15, 0.2) is 6.10 Å². The third kappa shape index (κ3) is 59.9. The molecule has 2 unspecified atom stereocenters. The van der Waals surface area contributed by atoms with Crippen molar-refractivity contribution < 1.29 is 42.9 Å². The fraction of sp³-hybridized carbons (Fsp3) is 0.529. The number of esters is 2. The summed E-state index contributed by atoms with van der Waals surface area (Å²) in [4.78, 5) is 37.4. The Morgan fingerprint density at radius 1 is 0.380 bits per heavy atom. The molecule has 0 aliphatic rings. The highest BCUT2D eigenvalue weighted by Crippen LogP contribution is 2.13. The fourth-order valence-electron chi connectivity index (χ4n) is 7.15. The summed E-state index contributed by atoms with van der Waals surface area (Å²) >= 11 is 0. The number of quaternary nitrogens is 1. The molecule has 0 saturated carbocycles. The second kappa shape index (κ2) is 58.5. The molecule has 0 heterocycles. The maximum atomic E-state index is 12.9. The summed E-state index contributed by atoms with van der Waals surface area (Å²) in [5.74, 6) is -2.16. The van der Waals surface area contributed by atoms with Crippen molar-refractivity contribution in [3.63, 3.8) is 0 Å². The van der Waals surface area contributed by atoms with Gasteiger partial charge in [-0.2, -0.15) is 0 Å². The first kappa shape index (κ1) is 73.4. The first-order valence-electron chi connectivity index (χ1n) is 29.9. The average Bonchev–Trinajstić information content (AvgIpc) is 3.42. The molecule has 0 saturated heterocycles. The molecule has 0 bridgehead atoms. The highest BCUT2D eigenvalue weighted by molar-refractivity contribution is 5.71. The number of carbonyl (C=O) groups is 3. The molecule has 0 aliphatic heterocycles. The van der Waals surface area contributed by atoms with Crippen LogP contribution in [0.1, 0.15) is 181 Å². The predicted octanol–water partition coefficient (Wildman–Crippen LogP) is 18.1. The molecule has 0 aromatic heterocycles. The molecule has 0 amide bonds. The third-order valence-electron chi connectivity index (χ3n) is 11.7. The van der Waals surface area contributed by atoms with Crippen LogP contribution in [0.2, 0.25) is 0 Å². The number of ether oxygens (including phenoxy) is 4. The molecule has 0 aromatic rings. The topological polar surface area (TPSA) is 108 Å². The Labute approximate surface area is 481 Å². The quantitative estimate of drug-likeness (QED) is 0.0211. The zero-order chi connectivity index (χ0) is 57.6. The second-order valence-corrected chi connectivity index (χ2v) is 20.2. The van der Waals surface area contributed by atoms with Crippen molar-refractivity contribution in [3.05, 3.63) is 182 Å². The van der Waals surface area contributed by atoms with Gasteiger partial charge in [-0.15, -0.1) is 0 Å². The average molecular weight is 1090 g/mol. The summed E-state index contributed by atoms with van der Waals surface area (Å²) in [6.07, 6.45) is 87.0. The van der Waals surface area contributed by atoms with Crippen LogP contribution in [0.15, 0.2) is 182 Å². The Balaban J connectivity index is 4.36. The van der Waals surface area contributed by atoms with Crippen LogP contribution in [0.5, 0.6) is 0 Å². The van der Waals surface area contributed by atoms with E-state index < -0.39 is 30.3 Å². The normalized spacial score (nSPS) is 14.1. The van der Waals surface area contributed by atoms with E-state index in [0.717, 1.165) is 128 Å². The van der Waals surface area contributed by atoms with Gasteiger partial charge in [-0.1, -0.05) is 228 Å². The maximum absolute atomic E-state index is 12.9. The number of unbranched alkanes of at least 4 members (excludes halogenated alkanes) is 7. The molecular formula is C70H108NO8+. The maximum Gasteiger partial charge on any atom is 0.361 e. The lowest BCUT2D eigenvalue weighted by molar-refractivity contribution is -0.870. The Morgan fingerprint density at radius 2 is 0.709 bits per heavy atom. The molecule has 440 valence electrons. The number of nitrogens with zero attached hydrogens (tertiary/aromatic N) is 1. The van der Waals surface area contributed by atoms with Crippen LogP contribution in [-0.4, -0.2) is 87.4 Å². The number of carboxylic acids is 1. The van der Waals surface area contributed by atoms with E-state index in [1.54, 1.807) is 0 Å². The molecule has 2 atom stereocenters. The smallest absolute Gasteiger partial charge is 0.361 e. The van der Waals surface area contributed by atoms with Crippen LogP contribution in [-0.2, 0) is 33.3 Å². The number of likely N-dealkylation sites (N-methyl/N-ethyl adjacent to an activating group) is 1. The first-order chi connectivity index (χ1) is 38.6. The Kier molecular flexibility index (Phi) is 54.4. The molecule has 1 N–H and O–H groups in total. The molecule has 0 aromatic carbocycles. The molecule has 0 fully saturated rings. The summed E-state index contributed by atoms with van der Waals surface area (Å²) in [6.45, 7) is 4.51. The highest BCUT2D eigenvalue weighted by atomic mass is 16.7. The Bertz CT molecular complexity index is 1940. The molecule has 0 aliphatic carbocycles. The lowest BCUT2D eigenvalue weighted by Gasteiger charge is -2.25. The fourth-order valence-corrected chi connectivity index (χ4v) is 7.15. The van der Waals surface area contributed by atoms with Crippen molar-refractivity contribution in [2.45, 2.75) is 193 Å². The lowest BCUT2D eigenvalue weighted by Crippen LogP contribution is -2.40. The lowest BCUT2D eigenvalue weighted by atomic mass is 10.1. The SMILES string of the molecule is CC/C=C\C/C=C\C/C=C\C/C=C\C/C=C\C/C=C\C/C=C\C/C=C\C/C=C\CCCCCCCCCC(=O)OC(COC(=O)CC/C=C\C/C=C\C/C=C\C/C=C\C/C=C\C/C=C\CC)COC(OCC[N+](C)(C)C)C(=O)O. The van der Waals surface area contributed by atoms with Crippen LogP contribution in [0.4, 0.5) is 0 Å². The van der Waals surface area contributed by atoms with E-state index in [2.05, 4.69) is 184 Å². The van der Waals surface area contributed by atoms with E-state index in [-0.39, 0.29) is 32.7 Å². The van der Waals surface area contributed by atoms with Gasteiger partial charge in [0.05, 0.1) is 34.4 Å². The van der Waals surface area contributed by atoms with E-state index in [4.69, 9.17) is 18.9 Å². The van der Waals surface area contributed by atoms with Crippen molar-refractivity contribution in [3.8, 4) is 0 Å². The van der Waals surface area contributed by atoms with Gasteiger partial charge in [0.2, 0.25) is 0 Å². The Morgan fingerprint density at radius 3 is 1.06 bits per heavy atom. The molecule has 0 rings (SSSR count). The van der Waals surface area contributed by atoms with Gasteiger partial charge in [-0.25, -0.2) is 4.79 Å². The van der Waals surface area contributed by atoms with Crippen LogP contribution < -0.4 is 0 Å². The number of allylic oxidation sites excluding steroid dienone is 30. The molecule has 9 nitrogen and oxygen atoms in total. The molecule has 9 heteroatoms. The van der Waals surface area contributed by atoms with E-state index in [1.165, 1.54) is 12.8 Å². The minimum atomic E-state index is -1.54. The van der Waals surface area contributed by atoms with Gasteiger partial charge in [-0.3, -0.25) is 9.59 Å². The summed E-state index contributed by atoms with van der Waals surface area (Å²) in [5.41, 5.74) is 0. The number of carbonyl (C=O) groups excluding carboxylic acids is 2. The van der Waals surface area contributed by atoms with E-state index >= 15 is 0 Å². The van der Waals surface area contributed by atoms with E-state index in [9.17, 15) is 19.5 Å². The van der Waals surface area contributed by atoms with Crippen molar-refractivity contribution in [1.82, 2.24) is 0 Å². The molecule has 0 spiro atoms. The second-order valence-electron chi connectivity index (χ2n) is 20.2. The van der Waals surface area contributed by atoms with Gasteiger partial charge in [0.25, 0.3) is 6.29 Å². The van der Waals surface area contributed by atoms with E-state index in [1.807, 2.05) is 33.3 Å². The van der Waals surface area contributed by atoms with Gasteiger partial charge < -0.3 is 28.5 Å². The highest BCUT2D eigenvalue weighted by Gasteiger charge is 2.25. The van der Waals surface area contributed by atoms with Crippen LogP contribution in [0.3, 0.4) is 0 Å². The van der Waals surface area contributed by atoms with Crippen molar-refractivity contribution in [2.24, 2.45) is 0 Å². The van der Waals surface area contributed by atoms with Crippen molar-refractivity contribution in [1.29, 1.82) is 0 Å². The van der Waals surface area contributed by atoms with Crippen molar-refractivity contribution in [2.75, 3.05) is 47.5 Å². The van der Waals surface area contributed by atoms with E-state index in [0.29, 0.717) is 23.9 Å². The standard InChI is InChI=1S/C70H107NO8/c1-6-8-10-12-14-16-18-20-22-24-26-27-28-29-30-31-32-33-34-35-36-37-38-39-40-41-43-45-47-49-51-53-55-57-59-61-68(73)79-66(65-78-70(69(74)75)76-63-62-71(3,4)5)64-77-67(72)60-58-56-54-52-50-48-46-44-42-25-23-21-19-17-15-13-11-9-7-2/h8-11,14-17,20-23,26-27,29-30,32-33,35-36,38-39,41-44,48,50,54,56,66,70H,6-7,12-13,18-19,24-25,28,31,34,37,40,45-47,49,51-53,55,57-65H2,1-5H3/p+1/b10-8-,11-9-,16-14-,17-15-,22-20-,23-21-,27-26-,30-29-,33-32-,36-35-,39-38-,43-41-,44-42-,50-48-,56-54-. The summed E-state index contributed by atoms with van der Waals surface area (Å²) in [5, 5.41) is 9.70. The van der Waals surface area contributed by atoms with Crippen LogP contribution in [0, 0.1) is 0 Å². The van der Waals surface area contributed by atoms with Gasteiger partial charge in [-0.05, 0) is 122 Å². The number of hydrogen-bond acceptors (Lipinski definition) is 7. The largest absolute Gasteiger partial charge is 0.477 e. The number of carboxylic acid groups (broad SMARTS) is 1. The predicted molar refractivity (Wildman–Crippen MR) is 336 cm³/mol. The minimum Gasteiger partial charge on any atom is -0.477 e. The van der Waals surface area contributed by atoms with Crippen LogP contribution in [0.25, 0.3) is 0 Å². The molecule has 0 radical (unpaired) electrons. The minimum absolute atomic E-state index is 0.163. The monoisotopic (exact) mass is 1090 g/mol. The van der Waals surface area contributed by atoms with Crippen LogP contribution >= 0.6 is 0 Å². The zero-order valence-corrected chi connectivity index (χ0v) is 49.9. The number of aliphatic carboxylic acids is 1. The Hall–Kier alpha value is -5.61. The number of hydrogen-bond donors (Lipinski definition) is 1. The van der Waals surface area contributed by atoms with Crippen molar-refractivity contribution >= 4 is 17.9 Å². The molecular weight excluding hydrogens is 983 g/mol. The first-order valence-corrected chi connectivity index (χ1v) is 29.9. The summed E-state index contributed by atoms with van der Waals surface area (Å²) in [7, 11) is 5.92. The van der Waals surface area contributed by atoms with Gasteiger partial charge in [0.1, 0.15) is 13.2 Å².